The predicted molar refractivity (Wildman–Crippen MR) is 78.0 cm³/mol. The van der Waals surface area contributed by atoms with Crippen molar-refractivity contribution in [2.45, 2.75) is 0 Å². The van der Waals surface area contributed by atoms with Gasteiger partial charge in [-0.05, 0) is 46.9 Å². The molecule has 6 heteroatoms. The van der Waals surface area contributed by atoms with Crippen LogP contribution in [0.2, 0.25) is 5.02 Å². The van der Waals surface area contributed by atoms with Crippen LogP contribution in [0.15, 0.2) is 36.7 Å². The highest BCUT2D eigenvalue weighted by molar-refractivity contribution is 14.1. The van der Waals surface area contributed by atoms with Gasteiger partial charge in [0.05, 0.1) is 22.5 Å². The molecule has 0 saturated heterocycles. The second-order valence-electron chi connectivity index (χ2n) is 3.47. The van der Waals surface area contributed by atoms with Gasteiger partial charge < -0.3 is 10.4 Å². The minimum Gasteiger partial charge on any atom is -0.505 e. The maximum absolute atomic E-state index is 11.9. The molecule has 2 rings (SSSR count). The standard InChI is InChI=1S/C12H8ClIN2O2/c13-9-5-7(14)1-2-10(9)16-12(18)8-3-4-15-6-11(8)17/h1-6,17H,(H,16,18). The first-order valence-electron chi connectivity index (χ1n) is 4.97. The number of nitrogens with zero attached hydrogens (tertiary/aromatic N) is 1. The Balaban J connectivity index is 2.24. The minimum atomic E-state index is -0.432. The molecule has 1 aromatic carbocycles. The number of carbonyl (C=O) groups is 1. The van der Waals surface area contributed by atoms with E-state index in [1.807, 2.05) is 6.07 Å². The molecule has 0 spiro atoms. The highest BCUT2D eigenvalue weighted by Crippen LogP contribution is 2.25. The van der Waals surface area contributed by atoms with Gasteiger partial charge in [0.1, 0.15) is 5.75 Å². The summed E-state index contributed by atoms with van der Waals surface area (Å²) < 4.78 is 0.974. The number of rotatable bonds is 2. The van der Waals surface area contributed by atoms with Crippen LogP contribution in [0, 0.1) is 3.57 Å². The molecule has 0 bridgehead atoms. The quantitative estimate of drug-likeness (QED) is 0.793. The molecule has 1 amide bonds. The number of aromatic hydroxyl groups is 1. The molecule has 0 aliphatic carbocycles. The third-order valence-corrected chi connectivity index (χ3v) is 3.21. The van der Waals surface area contributed by atoms with E-state index >= 15 is 0 Å². The molecule has 4 nitrogen and oxygen atoms in total. The molecule has 0 aliphatic heterocycles. The molecule has 0 atom stereocenters. The van der Waals surface area contributed by atoms with Gasteiger partial charge in [0.25, 0.3) is 5.91 Å². The number of anilines is 1. The van der Waals surface area contributed by atoms with Gasteiger partial charge in [-0.15, -0.1) is 0 Å². The number of aromatic nitrogens is 1. The number of hydrogen-bond donors (Lipinski definition) is 2. The van der Waals surface area contributed by atoms with E-state index in [1.54, 1.807) is 12.1 Å². The number of amides is 1. The van der Waals surface area contributed by atoms with E-state index in [2.05, 4.69) is 32.9 Å². The molecule has 18 heavy (non-hydrogen) atoms. The third-order valence-electron chi connectivity index (χ3n) is 2.22. The topological polar surface area (TPSA) is 62.2 Å². The fraction of sp³-hybridized carbons (Fsp3) is 0. The van der Waals surface area contributed by atoms with Crippen LogP contribution < -0.4 is 5.32 Å². The number of nitrogens with one attached hydrogen (secondary N) is 1. The fourth-order valence-corrected chi connectivity index (χ4v) is 2.26. The lowest BCUT2D eigenvalue weighted by atomic mass is 10.2. The lowest BCUT2D eigenvalue weighted by Crippen LogP contribution is -2.12. The van der Waals surface area contributed by atoms with Gasteiger partial charge in [-0.1, -0.05) is 11.6 Å². The average molecular weight is 375 g/mol. The molecule has 0 unspecified atom stereocenters. The highest BCUT2D eigenvalue weighted by atomic mass is 127. The van der Waals surface area contributed by atoms with Crippen molar-refractivity contribution < 1.29 is 9.90 Å². The molecule has 92 valence electrons. The Bertz CT molecular complexity index is 604. The van der Waals surface area contributed by atoms with E-state index in [9.17, 15) is 9.90 Å². The maximum atomic E-state index is 11.9. The van der Waals surface area contributed by atoms with Crippen LogP contribution in [0.1, 0.15) is 10.4 Å². The largest absolute Gasteiger partial charge is 0.505 e. The van der Waals surface area contributed by atoms with Crippen LogP contribution in [-0.2, 0) is 0 Å². The van der Waals surface area contributed by atoms with Crippen molar-refractivity contribution in [1.82, 2.24) is 4.98 Å². The Labute approximate surface area is 122 Å². The smallest absolute Gasteiger partial charge is 0.259 e. The van der Waals surface area contributed by atoms with Crippen LogP contribution in [0.25, 0.3) is 0 Å². The Kier molecular flexibility index (Phi) is 4.03. The highest BCUT2D eigenvalue weighted by Gasteiger charge is 2.12. The Morgan fingerprint density at radius 1 is 1.39 bits per heavy atom. The zero-order chi connectivity index (χ0) is 13.1. The molecule has 2 aromatic rings. The lowest BCUT2D eigenvalue weighted by Gasteiger charge is -2.08. The molecule has 0 fully saturated rings. The molecule has 1 aromatic heterocycles. The van der Waals surface area contributed by atoms with Crippen molar-refractivity contribution in [2.24, 2.45) is 0 Å². The number of halogens is 2. The van der Waals surface area contributed by atoms with Crippen LogP contribution >= 0.6 is 34.2 Å². The molecular formula is C12H8ClIN2O2. The van der Waals surface area contributed by atoms with E-state index in [4.69, 9.17) is 11.6 Å². The Morgan fingerprint density at radius 3 is 2.83 bits per heavy atom. The van der Waals surface area contributed by atoms with Crippen molar-refractivity contribution in [3.63, 3.8) is 0 Å². The van der Waals surface area contributed by atoms with E-state index in [0.717, 1.165) is 3.57 Å². The predicted octanol–water partition coefficient (Wildman–Crippen LogP) is 3.30. The van der Waals surface area contributed by atoms with E-state index in [0.29, 0.717) is 10.7 Å². The Morgan fingerprint density at radius 2 is 2.17 bits per heavy atom. The van der Waals surface area contributed by atoms with E-state index in [-0.39, 0.29) is 11.3 Å². The van der Waals surface area contributed by atoms with Crippen molar-refractivity contribution >= 4 is 45.8 Å². The Hall–Kier alpha value is -1.34. The number of carbonyl (C=O) groups excluding carboxylic acids is 1. The van der Waals surface area contributed by atoms with Gasteiger partial charge in [0.15, 0.2) is 0 Å². The zero-order valence-corrected chi connectivity index (χ0v) is 11.9. The summed E-state index contributed by atoms with van der Waals surface area (Å²) >= 11 is 8.13. The second kappa shape index (κ2) is 5.53. The molecule has 2 N–H and O–H groups in total. The van der Waals surface area contributed by atoms with Gasteiger partial charge in [-0.2, -0.15) is 0 Å². The first kappa shape index (κ1) is 13.1. The van der Waals surface area contributed by atoms with Gasteiger partial charge in [0.2, 0.25) is 0 Å². The van der Waals surface area contributed by atoms with E-state index in [1.165, 1.54) is 18.5 Å². The minimum absolute atomic E-state index is 0.152. The van der Waals surface area contributed by atoms with E-state index < -0.39 is 5.91 Å². The molecule has 0 saturated carbocycles. The number of hydrogen-bond acceptors (Lipinski definition) is 3. The summed E-state index contributed by atoms with van der Waals surface area (Å²) in [4.78, 5) is 15.6. The van der Waals surface area contributed by atoms with Crippen molar-refractivity contribution in [2.75, 3.05) is 5.32 Å². The number of pyridine rings is 1. The molecular weight excluding hydrogens is 367 g/mol. The molecule has 1 heterocycles. The number of benzene rings is 1. The lowest BCUT2D eigenvalue weighted by molar-refractivity contribution is 0.102. The monoisotopic (exact) mass is 374 g/mol. The first-order valence-corrected chi connectivity index (χ1v) is 6.43. The van der Waals surface area contributed by atoms with Crippen LogP contribution in [-0.4, -0.2) is 16.0 Å². The molecule has 0 radical (unpaired) electrons. The average Bonchev–Trinajstić information content (AvgIpc) is 2.33. The fourth-order valence-electron chi connectivity index (χ4n) is 1.36. The van der Waals surface area contributed by atoms with Gasteiger partial charge in [0, 0.05) is 9.77 Å². The van der Waals surface area contributed by atoms with Crippen LogP contribution in [0.3, 0.4) is 0 Å². The summed E-state index contributed by atoms with van der Waals surface area (Å²) in [6.07, 6.45) is 2.65. The summed E-state index contributed by atoms with van der Waals surface area (Å²) in [6, 6.07) is 6.71. The summed E-state index contributed by atoms with van der Waals surface area (Å²) in [6.45, 7) is 0. The summed E-state index contributed by atoms with van der Waals surface area (Å²) in [7, 11) is 0. The summed E-state index contributed by atoms with van der Waals surface area (Å²) in [5, 5.41) is 12.6. The summed E-state index contributed by atoms with van der Waals surface area (Å²) in [5.74, 6) is -0.602. The molecule has 0 aliphatic rings. The zero-order valence-electron chi connectivity index (χ0n) is 9.02. The van der Waals surface area contributed by atoms with Gasteiger partial charge in [-0.3, -0.25) is 9.78 Å². The first-order chi connectivity index (χ1) is 8.58. The third kappa shape index (κ3) is 2.91. The summed E-state index contributed by atoms with van der Waals surface area (Å²) in [5.41, 5.74) is 0.651. The van der Waals surface area contributed by atoms with Crippen molar-refractivity contribution in [3.8, 4) is 5.75 Å². The van der Waals surface area contributed by atoms with Crippen LogP contribution in [0.5, 0.6) is 5.75 Å². The van der Waals surface area contributed by atoms with Crippen LogP contribution in [0.4, 0.5) is 5.69 Å². The van der Waals surface area contributed by atoms with Crippen molar-refractivity contribution in [1.29, 1.82) is 0 Å². The maximum Gasteiger partial charge on any atom is 0.259 e. The van der Waals surface area contributed by atoms with Gasteiger partial charge >= 0.3 is 0 Å². The normalized spacial score (nSPS) is 10.1. The van der Waals surface area contributed by atoms with Gasteiger partial charge in [-0.25, -0.2) is 0 Å². The van der Waals surface area contributed by atoms with Crippen molar-refractivity contribution in [3.05, 3.63) is 50.8 Å². The second-order valence-corrected chi connectivity index (χ2v) is 5.12. The SMILES string of the molecule is O=C(Nc1ccc(I)cc1Cl)c1ccncc1O.